The molecule has 0 aliphatic carbocycles. The topological polar surface area (TPSA) is 59.5 Å². The van der Waals surface area contributed by atoms with Crippen LogP contribution in [0.15, 0.2) is 22.8 Å². The fraction of sp³-hybridized carbons (Fsp3) is 0.462. The summed E-state index contributed by atoms with van der Waals surface area (Å²) >= 11 is 3.33. The van der Waals surface area contributed by atoms with Gasteiger partial charge in [-0.25, -0.2) is 4.98 Å². The van der Waals surface area contributed by atoms with Gasteiger partial charge in [-0.15, -0.1) is 0 Å². The van der Waals surface area contributed by atoms with Crippen LogP contribution in [0.4, 0.5) is 0 Å². The average Bonchev–Trinajstić information content (AvgIpc) is 2.46. The lowest BCUT2D eigenvalue weighted by molar-refractivity contribution is -0.146. The van der Waals surface area contributed by atoms with Crippen LogP contribution in [0.25, 0.3) is 0 Å². The van der Waals surface area contributed by atoms with Gasteiger partial charge in [0.05, 0.1) is 13.0 Å². The van der Waals surface area contributed by atoms with Gasteiger partial charge in [0.25, 0.3) is 5.91 Å². The van der Waals surface area contributed by atoms with Crippen LogP contribution < -0.4 is 0 Å². The lowest BCUT2D eigenvalue weighted by atomic mass is 9.97. The highest BCUT2D eigenvalue weighted by Gasteiger charge is 2.29. The van der Waals surface area contributed by atoms with E-state index in [2.05, 4.69) is 20.9 Å². The monoisotopic (exact) mass is 326 g/mol. The summed E-state index contributed by atoms with van der Waals surface area (Å²) in [6, 6.07) is 3.56. The zero-order chi connectivity index (χ0) is 13.8. The van der Waals surface area contributed by atoms with Crippen molar-refractivity contribution in [3.05, 3.63) is 28.5 Å². The fourth-order valence-corrected chi connectivity index (χ4v) is 2.60. The maximum absolute atomic E-state index is 12.3. The van der Waals surface area contributed by atoms with E-state index in [1.807, 2.05) is 0 Å². The third kappa shape index (κ3) is 3.12. The number of carbonyl (C=O) groups is 2. The molecule has 0 radical (unpaired) electrons. The summed E-state index contributed by atoms with van der Waals surface area (Å²) in [5, 5.41) is 0. The SMILES string of the molecule is COC(=O)C1CCN(C(=O)c2ncccc2Br)CC1. The highest BCUT2D eigenvalue weighted by atomic mass is 79.9. The molecule has 102 valence electrons. The van der Waals surface area contributed by atoms with E-state index < -0.39 is 0 Å². The highest BCUT2D eigenvalue weighted by molar-refractivity contribution is 9.10. The molecule has 0 atom stereocenters. The Hall–Kier alpha value is -1.43. The largest absolute Gasteiger partial charge is 0.469 e. The number of carbonyl (C=O) groups excluding carboxylic acids is 2. The van der Waals surface area contributed by atoms with E-state index in [0.717, 1.165) is 0 Å². The predicted molar refractivity (Wildman–Crippen MR) is 72.6 cm³/mol. The van der Waals surface area contributed by atoms with E-state index in [4.69, 9.17) is 4.74 Å². The van der Waals surface area contributed by atoms with E-state index in [1.54, 1.807) is 23.2 Å². The molecule has 0 unspecified atom stereocenters. The van der Waals surface area contributed by atoms with Crippen molar-refractivity contribution in [2.75, 3.05) is 20.2 Å². The number of aromatic nitrogens is 1. The molecule has 2 heterocycles. The molecule has 0 bridgehead atoms. The molecule has 0 N–H and O–H groups in total. The highest BCUT2D eigenvalue weighted by Crippen LogP contribution is 2.22. The first kappa shape index (κ1) is 14.0. The Labute approximate surface area is 120 Å². The van der Waals surface area contributed by atoms with Crippen LogP contribution in [0.2, 0.25) is 0 Å². The van der Waals surface area contributed by atoms with Crippen molar-refractivity contribution in [2.45, 2.75) is 12.8 Å². The lowest BCUT2D eigenvalue weighted by Crippen LogP contribution is -2.40. The van der Waals surface area contributed by atoms with Gasteiger partial charge in [-0.05, 0) is 40.9 Å². The third-order valence-corrected chi connectivity index (χ3v) is 3.92. The van der Waals surface area contributed by atoms with Gasteiger partial charge in [0.2, 0.25) is 0 Å². The number of hydrogen-bond acceptors (Lipinski definition) is 4. The maximum Gasteiger partial charge on any atom is 0.308 e. The summed E-state index contributed by atoms with van der Waals surface area (Å²) in [7, 11) is 1.39. The van der Waals surface area contributed by atoms with E-state index in [-0.39, 0.29) is 17.8 Å². The van der Waals surface area contributed by atoms with Gasteiger partial charge in [-0.2, -0.15) is 0 Å². The van der Waals surface area contributed by atoms with Crippen molar-refractivity contribution in [3.63, 3.8) is 0 Å². The molecule has 19 heavy (non-hydrogen) atoms. The number of piperidine rings is 1. The Balaban J connectivity index is 2.00. The lowest BCUT2D eigenvalue weighted by Gasteiger charge is -2.30. The molecule has 1 aliphatic rings. The predicted octanol–water partition coefficient (Wildman–Crippen LogP) is 1.87. The first-order chi connectivity index (χ1) is 9.13. The van der Waals surface area contributed by atoms with Crippen molar-refractivity contribution in [2.24, 2.45) is 5.92 Å². The molecule has 5 nitrogen and oxygen atoms in total. The normalized spacial score (nSPS) is 16.2. The zero-order valence-corrected chi connectivity index (χ0v) is 12.2. The zero-order valence-electron chi connectivity index (χ0n) is 10.6. The molecular weight excluding hydrogens is 312 g/mol. The van der Waals surface area contributed by atoms with Gasteiger partial charge in [0.1, 0.15) is 5.69 Å². The molecule has 6 heteroatoms. The molecule has 1 saturated heterocycles. The standard InChI is InChI=1S/C13H15BrN2O3/c1-19-13(18)9-4-7-16(8-5-9)12(17)11-10(14)3-2-6-15-11/h2-3,6,9H,4-5,7-8H2,1H3. The molecular formula is C13H15BrN2O3. The van der Waals surface area contributed by atoms with E-state index in [9.17, 15) is 9.59 Å². The fourth-order valence-electron chi connectivity index (χ4n) is 2.18. The summed E-state index contributed by atoms with van der Waals surface area (Å²) in [5.74, 6) is -0.386. The number of nitrogens with zero attached hydrogens (tertiary/aromatic N) is 2. The summed E-state index contributed by atoms with van der Waals surface area (Å²) in [6.45, 7) is 1.11. The second-order valence-electron chi connectivity index (χ2n) is 4.42. The molecule has 1 aromatic heterocycles. The van der Waals surface area contributed by atoms with Gasteiger partial charge < -0.3 is 9.64 Å². The van der Waals surface area contributed by atoms with Crippen LogP contribution >= 0.6 is 15.9 Å². The molecule has 0 spiro atoms. The second kappa shape index (κ2) is 6.14. The van der Waals surface area contributed by atoms with Crippen molar-refractivity contribution in [3.8, 4) is 0 Å². The van der Waals surface area contributed by atoms with Crippen LogP contribution in [-0.2, 0) is 9.53 Å². The summed E-state index contributed by atoms with van der Waals surface area (Å²) in [4.78, 5) is 29.5. The molecule has 1 aliphatic heterocycles. The molecule has 0 saturated carbocycles. The van der Waals surface area contributed by atoms with Gasteiger partial charge in [-0.3, -0.25) is 9.59 Å². The number of rotatable bonds is 2. The minimum atomic E-state index is -0.189. The van der Waals surface area contributed by atoms with E-state index in [1.165, 1.54) is 7.11 Å². The van der Waals surface area contributed by atoms with Crippen LogP contribution in [-0.4, -0.2) is 42.0 Å². The summed E-state index contributed by atoms with van der Waals surface area (Å²) in [5.41, 5.74) is 0.416. The number of esters is 1. The van der Waals surface area contributed by atoms with Crippen LogP contribution in [0.1, 0.15) is 23.3 Å². The van der Waals surface area contributed by atoms with Crippen molar-refractivity contribution < 1.29 is 14.3 Å². The minimum Gasteiger partial charge on any atom is -0.469 e. The van der Waals surface area contributed by atoms with Gasteiger partial charge in [0.15, 0.2) is 0 Å². The van der Waals surface area contributed by atoms with Crippen LogP contribution in [0, 0.1) is 5.92 Å². The molecule has 1 aromatic rings. The van der Waals surface area contributed by atoms with Gasteiger partial charge in [-0.1, -0.05) is 0 Å². The smallest absolute Gasteiger partial charge is 0.308 e. The molecule has 1 fully saturated rings. The van der Waals surface area contributed by atoms with Gasteiger partial charge >= 0.3 is 5.97 Å². The van der Waals surface area contributed by atoms with Crippen LogP contribution in [0.5, 0.6) is 0 Å². The van der Waals surface area contributed by atoms with E-state index in [0.29, 0.717) is 36.1 Å². The van der Waals surface area contributed by atoms with Crippen molar-refractivity contribution >= 4 is 27.8 Å². The number of likely N-dealkylation sites (tertiary alicyclic amines) is 1. The van der Waals surface area contributed by atoms with Crippen LogP contribution in [0.3, 0.4) is 0 Å². The Kier molecular flexibility index (Phi) is 4.52. The molecule has 2 rings (SSSR count). The van der Waals surface area contributed by atoms with E-state index >= 15 is 0 Å². The Morgan fingerprint density at radius 3 is 2.68 bits per heavy atom. The Bertz CT molecular complexity index is 485. The minimum absolute atomic E-state index is 0.0961. The number of halogens is 1. The number of amides is 1. The molecule has 0 aromatic carbocycles. The second-order valence-corrected chi connectivity index (χ2v) is 5.28. The third-order valence-electron chi connectivity index (χ3n) is 3.28. The Morgan fingerprint density at radius 1 is 1.42 bits per heavy atom. The number of ether oxygens (including phenoxy) is 1. The quantitative estimate of drug-likeness (QED) is 0.778. The first-order valence-corrected chi connectivity index (χ1v) is 6.90. The molecule has 1 amide bonds. The average molecular weight is 327 g/mol. The Morgan fingerprint density at radius 2 is 2.11 bits per heavy atom. The first-order valence-electron chi connectivity index (χ1n) is 6.11. The van der Waals surface area contributed by atoms with Crippen molar-refractivity contribution in [1.82, 2.24) is 9.88 Å². The number of hydrogen-bond donors (Lipinski definition) is 0. The number of pyridine rings is 1. The summed E-state index contributed by atoms with van der Waals surface area (Å²) in [6.07, 6.45) is 2.88. The van der Waals surface area contributed by atoms with Gasteiger partial charge in [0, 0.05) is 23.8 Å². The summed E-state index contributed by atoms with van der Waals surface area (Å²) < 4.78 is 5.42. The number of methoxy groups -OCH3 is 1. The maximum atomic E-state index is 12.3. The van der Waals surface area contributed by atoms with Crippen molar-refractivity contribution in [1.29, 1.82) is 0 Å².